The number of nitrogens with one attached hydrogen (secondary N) is 1. The van der Waals surface area contributed by atoms with Crippen LogP contribution in [-0.2, 0) is 0 Å². The van der Waals surface area contributed by atoms with Crippen LogP contribution in [0.15, 0.2) is 66.9 Å². The zero-order chi connectivity index (χ0) is 17.1. The fourth-order valence-electron chi connectivity index (χ4n) is 2.50. The molecular formula is C19H17N3O2. The molecule has 5 heteroatoms. The van der Waals surface area contributed by atoms with E-state index in [4.69, 9.17) is 5.73 Å². The van der Waals surface area contributed by atoms with Crippen molar-refractivity contribution >= 4 is 11.8 Å². The molecule has 5 nitrogen and oxygen atoms in total. The van der Waals surface area contributed by atoms with Crippen LogP contribution in [-0.4, -0.2) is 16.5 Å². The van der Waals surface area contributed by atoms with Crippen molar-refractivity contribution in [2.24, 2.45) is 5.73 Å². The summed E-state index contributed by atoms with van der Waals surface area (Å²) in [7, 11) is 0. The largest absolute Gasteiger partial charge is 0.366 e. The van der Waals surface area contributed by atoms with Gasteiger partial charge in [-0.25, -0.2) is 0 Å². The Hall–Kier alpha value is -3.34. The maximum Gasteiger partial charge on any atom is 0.270 e. The Balaban J connectivity index is 1.93. The Morgan fingerprint density at radius 1 is 0.958 bits per heavy atom. The lowest BCUT2D eigenvalue weighted by Gasteiger charge is -2.13. The van der Waals surface area contributed by atoms with Crippen molar-refractivity contribution in [1.29, 1.82) is 0 Å². The Labute approximate surface area is 139 Å². The molecule has 0 atom stereocenters. The zero-order valence-corrected chi connectivity index (χ0v) is 13.2. The van der Waals surface area contributed by atoms with Crippen LogP contribution >= 0.6 is 0 Å². The number of nitrogens with two attached hydrogens (primary N) is 1. The van der Waals surface area contributed by atoms with Gasteiger partial charge < -0.3 is 5.73 Å². The zero-order valence-electron chi connectivity index (χ0n) is 13.2. The third-order valence-corrected chi connectivity index (χ3v) is 3.75. The lowest BCUT2D eigenvalue weighted by atomic mass is 10.0. The summed E-state index contributed by atoms with van der Waals surface area (Å²) in [4.78, 5) is 24.0. The summed E-state index contributed by atoms with van der Waals surface area (Å²) in [6, 6.07) is 17.9. The van der Waals surface area contributed by atoms with E-state index < -0.39 is 5.91 Å². The summed E-state index contributed by atoms with van der Waals surface area (Å²) >= 11 is 0. The van der Waals surface area contributed by atoms with Gasteiger partial charge in [-0.15, -0.1) is 0 Å². The summed E-state index contributed by atoms with van der Waals surface area (Å²) < 4.78 is 1.59. The minimum absolute atomic E-state index is 0.232. The lowest BCUT2D eigenvalue weighted by molar-refractivity contribution is 0.0996. The number of amides is 2. The molecule has 0 radical (unpaired) electrons. The fraction of sp³-hybridized carbons (Fsp3) is 0.0526. The highest BCUT2D eigenvalue weighted by Gasteiger charge is 2.14. The Morgan fingerprint density at radius 3 is 2.38 bits per heavy atom. The summed E-state index contributed by atoms with van der Waals surface area (Å²) in [6.45, 7) is 1.96. The molecule has 3 aromatic rings. The van der Waals surface area contributed by atoms with Gasteiger partial charge in [0.15, 0.2) is 0 Å². The molecule has 0 saturated heterocycles. The number of primary amides is 1. The third kappa shape index (κ3) is 3.05. The van der Waals surface area contributed by atoms with E-state index in [0.717, 1.165) is 5.56 Å². The molecule has 3 rings (SSSR count). The first-order chi connectivity index (χ1) is 11.6. The Morgan fingerprint density at radius 2 is 1.67 bits per heavy atom. The number of carbonyl (C=O) groups excluding carboxylic acids is 2. The summed E-state index contributed by atoms with van der Waals surface area (Å²) in [5, 5.41) is 0. The van der Waals surface area contributed by atoms with E-state index in [2.05, 4.69) is 5.43 Å². The molecule has 1 heterocycles. The van der Waals surface area contributed by atoms with E-state index in [1.165, 1.54) is 0 Å². The van der Waals surface area contributed by atoms with Gasteiger partial charge in [0, 0.05) is 22.9 Å². The van der Waals surface area contributed by atoms with Crippen molar-refractivity contribution in [1.82, 2.24) is 4.68 Å². The summed E-state index contributed by atoms with van der Waals surface area (Å²) in [5.41, 5.74) is 11.7. The molecule has 0 aliphatic carbocycles. The number of aromatic nitrogens is 1. The number of benzene rings is 2. The van der Waals surface area contributed by atoms with Gasteiger partial charge >= 0.3 is 0 Å². The highest BCUT2D eigenvalue weighted by Crippen LogP contribution is 2.23. The third-order valence-electron chi connectivity index (χ3n) is 3.75. The maximum atomic E-state index is 12.4. The molecule has 0 aliphatic rings. The van der Waals surface area contributed by atoms with Crippen LogP contribution in [0.2, 0.25) is 0 Å². The van der Waals surface area contributed by atoms with Gasteiger partial charge in [-0.05, 0) is 37.3 Å². The van der Waals surface area contributed by atoms with Crippen molar-refractivity contribution in [2.75, 3.05) is 5.43 Å². The summed E-state index contributed by atoms with van der Waals surface area (Å²) in [6.07, 6.45) is 1.72. The van der Waals surface area contributed by atoms with Gasteiger partial charge in [0.2, 0.25) is 5.91 Å². The number of hydrogen-bond acceptors (Lipinski definition) is 2. The summed E-state index contributed by atoms with van der Waals surface area (Å²) in [5.74, 6) is -0.743. The molecule has 0 aliphatic heterocycles. The standard InChI is InChI=1S/C19H17N3O2/c1-13-8-10-14(11-9-13)19(24)21-22-12-4-7-17(22)15-5-2-3-6-16(15)18(20)23/h2-12H,1H3,(H2,20,23)(H,21,24). The van der Waals surface area contributed by atoms with E-state index in [1.54, 1.807) is 47.3 Å². The second-order valence-electron chi connectivity index (χ2n) is 5.48. The molecule has 0 bridgehead atoms. The van der Waals surface area contributed by atoms with Gasteiger partial charge in [-0.2, -0.15) is 0 Å². The van der Waals surface area contributed by atoms with E-state index in [0.29, 0.717) is 22.4 Å². The molecule has 0 spiro atoms. The Bertz CT molecular complexity index is 895. The smallest absolute Gasteiger partial charge is 0.270 e. The number of rotatable bonds is 4. The molecule has 120 valence electrons. The van der Waals surface area contributed by atoms with E-state index in [1.807, 2.05) is 31.2 Å². The minimum Gasteiger partial charge on any atom is -0.366 e. The fourth-order valence-corrected chi connectivity index (χ4v) is 2.50. The van der Waals surface area contributed by atoms with Gasteiger partial charge in [0.05, 0.1) is 5.69 Å². The Kier molecular flexibility index (Phi) is 4.16. The van der Waals surface area contributed by atoms with Gasteiger partial charge in [0.25, 0.3) is 5.91 Å². The highest BCUT2D eigenvalue weighted by molar-refractivity contribution is 6.01. The van der Waals surface area contributed by atoms with E-state index >= 15 is 0 Å². The van der Waals surface area contributed by atoms with Crippen LogP contribution < -0.4 is 11.2 Å². The van der Waals surface area contributed by atoms with Crippen LogP contribution in [0.1, 0.15) is 26.3 Å². The minimum atomic E-state index is -0.511. The molecule has 0 saturated carbocycles. The molecular weight excluding hydrogens is 302 g/mol. The maximum absolute atomic E-state index is 12.4. The van der Waals surface area contributed by atoms with Crippen molar-refractivity contribution in [3.63, 3.8) is 0 Å². The van der Waals surface area contributed by atoms with Crippen molar-refractivity contribution < 1.29 is 9.59 Å². The van der Waals surface area contributed by atoms with Crippen LogP contribution in [0.5, 0.6) is 0 Å². The highest BCUT2D eigenvalue weighted by atomic mass is 16.2. The normalized spacial score (nSPS) is 10.4. The molecule has 0 fully saturated rings. The van der Waals surface area contributed by atoms with Crippen molar-refractivity contribution in [3.05, 3.63) is 83.6 Å². The van der Waals surface area contributed by atoms with E-state index in [9.17, 15) is 9.59 Å². The second-order valence-corrected chi connectivity index (χ2v) is 5.48. The topological polar surface area (TPSA) is 77.1 Å². The lowest BCUT2D eigenvalue weighted by Crippen LogP contribution is -2.23. The van der Waals surface area contributed by atoms with Crippen LogP contribution in [0.3, 0.4) is 0 Å². The SMILES string of the molecule is Cc1ccc(C(=O)Nn2cccc2-c2ccccc2C(N)=O)cc1. The second kappa shape index (κ2) is 6.42. The predicted octanol–water partition coefficient (Wildman–Crippen LogP) is 2.95. The molecule has 1 aromatic heterocycles. The van der Waals surface area contributed by atoms with Crippen LogP contribution in [0.25, 0.3) is 11.3 Å². The quantitative estimate of drug-likeness (QED) is 0.775. The number of nitrogens with zero attached hydrogens (tertiary/aromatic N) is 1. The molecule has 2 amide bonds. The predicted molar refractivity (Wildman–Crippen MR) is 93.3 cm³/mol. The van der Waals surface area contributed by atoms with Crippen molar-refractivity contribution in [3.8, 4) is 11.3 Å². The molecule has 24 heavy (non-hydrogen) atoms. The van der Waals surface area contributed by atoms with Gasteiger partial charge in [-0.1, -0.05) is 35.9 Å². The van der Waals surface area contributed by atoms with Crippen LogP contribution in [0.4, 0.5) is 0 Å². The monoisotopic (exact) mass is 319 g/mol. The van der Waals surface area contributed by atoms with Gasteiger partial charge in [-0.3, -0.25) is 19.7 Å². The molecule has 0 unspecified atom stereocenters. The molecule has 2 aromatic carbocycles. The van der Waals surface area contributed by atoms with Crippen LogP contribution in [0, 0.1) is 6.92 Å². The first-order valence-electron chi connectivity index (χ1n) is 7.51. The number of aryl methyl sites for hydroxylation is 1. The van der Waals surface area contributed by atoms with Crippen molar-refractivity contribution in [2.45, 2.75) is 6.92 Å². The average Bonchev–Trinajstić information content (AvgIpc) is 3.03. The number of carbonyl (C=O) groups is 2. The van der Waals surface area contributed by atoms with Gasteiger partial charge in [0.1, 0.15) is 0 Å². The molecule has 3 N–H and O–H groups in total. The first kappa shape index (κ1) is 15.6. The first-order valence-corrected chi connectivity index (χ1v) is 7.51. The van der Waals surface area contributed by atoms with E-state index in [-0.39, 0.29) is 5.91 Å². The average molecular weight is 319 g/mol. The number of hydrogen-bond donors (Lipinski definition) is 2.